The van der Waals surface area contributed by atoms with Crippen LogP contribution in [-0.4, -0.2) is 17.6 Å². The van der Waals surface area contributed by atoms with Gasteiger partial charge in [0, 0.05) is 24.6 Å². The normalized spacial score (nSPS) is 20.0. The maximum Gasteiger partial charge on any atom is 0.102 e. The molecule has 0 radical (unpaired) electrons. The first kappa shape index (κ1) is 10.1. The van der Waals surface area contributed by atoms with E-state index in [-0.39, 0.29) is 0 Å². The third-order valence-corrected chi connectivity index (χ3v) is 2.84. The SMILES string of the molecule is CCCN1C=CN(c2ccccc2)C1C. The van der Waals surface area contributed by atoms with E-state index < -0.39 is 0 Å². The molecule has 80 valence electrons. The van der Waals surface area contributed by atoms with Crippen LogP contribution in [0.4, 0.5) is 5.69 Å². The second-order valence-corrected chi connectivity index (χ2v) is 3.91. The Bertz CT molecular complexity index is 332. The summed E-state index contributed by atoms with van der Waals surface area (Å²) in [6, 6.07) is 10.5. The standard InChI is InChI=1S/C13H18N2/c1-3-9-14-10-11-15(12(14)2)13-7-5-4-6-8-13/h4-8,10-12H,3,9H2,1-2H3. The third-order valence-electron chi connectivity index (χ3n) is 2.84. The molecule has 2 heteroatoms. The Balaban J connectivity index is 2.11. The minimum Gasteiger partial charge on any atom is -0.356 e. The highest BCUT2D eigenvalue weighted by atomic mass is 15.4. The molecule has 0 aliphatic carbocycles. The predicted molar refractivity (Wildman–Crippen MR) is 64.5 cm³/mol. The molecular formula is C13H18N2. The van der Waals surface area contributed by atoms with Gasteiger partial charge in [-0.3, -0.25) is 0 Å². The second-order valence-electron chi connectivity index (χ2n) is 3.91. The average molecular weight is 202 g/mol. The van der Waals surface area contributed by atoms with Gasteiger partial charge in [0.05, 0.1) is 0 Å². The molecule has 1 aromatic rings. The van der Waals surface area contributed by atoms with E-state index in [1.165, 1.54) is 12.1 Å². The lowest BCUT2D eigenvalue weighted by molar-refractivity contribution is 0.319. The number of rotatable bonds is 3. The van der Waals surface area contributed by atoms with E-state index in [2.05, 4.69) is 66.4 Å². The molecule has 2 nitrogen and oxygen atoms in total. The van der Waals surface area contributed by atoms with Crippen molar-refractivity contribution < 1.29 is 0 Å². The molecule has 1 aromatic carbocycles. The van der Waals surface area contributed by atoms with Gasteiger partial charge in [-0.1, -0.05) is 25.1 Å². The summed E-state index contributed by atoms with van der Waals surface area (Å²) in [7, 11) is 0. The fourth-order valence-electron chi connectivity index (χ4n) is 1.99. The smallest absolute Gasteiger partial charge is 0.102 e. The fraction of sp³-hybridized carbons (Fsp3) is 0.385. The molecule has 0 spiro atoms. The molecular weight excluding hydrogens is 184 g/mol. The van der Waals surface area contributed by atoms with Crippen molar-refractivity contribution in [1.82, 2.24) is 4.90 Å². The third kappa shape index (κ3) is 1.99. The molecule has 0 bridgehead atoms. The molecule has 15 heavy (non-hydrogen) atoms. The summed E-state index contributed by atoms with van der Waals surface area (Å²) in [6.07, 6.45) is 5.97. The lowest BCUT2D eigenvalue weighted by atomic mass is 10.3. The highest BCUT2D eigenvalue weighted by Gasteiger charge is 2.21. The molecule has 1 aliphatic rings. The van der Waals surface area contributed by atoms with Crippen molar-refractivity contribution in [2.24, 2.45) is 0 Å². The maximum absolute atomic E-state index is 2.37. The maximum atomic E-state index is 2.37. The zero-order chi connectivity index (χ0) is 10.7. The quantitative estimate of drug-likeness (QED) is 0.743. The van der Waals surface area contributed by atoms with E-state index >= 15 is 0 Å². The summed E-state index contributed by atoms with van der Waals surface area (Å²) in [5, 5.41) is 0. The van der Waals surface area contributed by atoms with Crippen LogP contribution in [0.2, 0.25) is 0 Å². The minimum absolute atomic E-state index is 0.437. The van der Waals surface area contributed by atoms with E-state index in [9.17, 15) is 0 Å². The van der Waals surface area contributed by atoms with Crippen molar-refractivity contribution in [2.45, 2.75) is 26.4 Å². The van der Waals surface area contributed by atoms with E-state index in [0.717, 1.165) is 6.54 Å². The summed E-state index contributed by atoms with van der Waals surface area (Å²) in [4.78, 5) is 4.67. The van der Waals surface area contributed by atoms with Crippen LogP contribution in [0.1, 0.15) is 20.3 Å². The number of nitrogens with zero attached hydrogens (tertiary/aromatic N) is 2. The minimum atomic E-state index is 0.437. The number of hydrogen-bond donors (Lipinski definition) is 0. The zero-order valence-corrected chi connectivity index (χ0v) is 9.43. The summed E-state index contributed by atoms with van der Waals surface area (Å²) in [5.74, 6) is 0. The Labute approximate surface area is 91.8 Å². The van der Waals surface area contributed by atoms with Crippen molar-refractivity contribution in [3.63, 3.8) is 0 Å². The van der Waals surface area contributed by atoms with Crippen molar-refractivity contribution in [3.8, 4) is 0 Å². The van der Waals surface area contributed by atoms with Gasteiger partial charge in [0.2, 0.25) is 0 Å². The van der Waals surface area contributed by atoms with Crippen molar-refractivity contribution >= 4 is 5.69 Å². The van der Waals surface area contributed by atoms with Gasteiger partial charge in [0.25, 0.3) is 0 Å². The Morgan fingerprint density at radius 2 is 1.87 bits per heavy atom. The summed E-state index contributed by atoms with van der Waals surface area (Å²) < 4.78 is 0. The number of benzene rings is 1. The summed E-state index contributed by atoms with van der Waals surface area (Å²) in [5.41, 5.74) is 1.26. The molecule has 0 fully saturated rings. The lowest BCUT2D eigenvalue weighted by Crippen LogP contribution is -2.36. The molecule has 1 unspecified atom stereocenters. The number of para-hydroxylation sites is 1. The van der Waals surface area contributed by atoms with Crippen LogP contribution in [0.25, 0.3) is 0 Å². The highest BCUT2D eigenvalue weighted by molar-refractivity contribution is 5.51. The van der Waals surface area contributed by atoms with Crippen LogP contribution in [0.15, 0.2) is 42.7 Å². The zero-order valence-electron chi connectivity index (χ0n) is 9.43. The van der Waals surface area contributed by atoms with Gasteiger partial charge < -0.3 is 9.80 Å². The predicted octanol–water partition coefficient (Wildman–Crippen LogP) is 3.04. The molecule has 2 rings (SSSR count). The van der Waals surface area contributed by atoms with E-state index in [0.29, 0.717) is 6.17 Å². The number of anilines is 1. The fourth-order valence-corrected chi connectivity index (χ4v) is 1.99. The molecule has 1 atom stereocenters. The van der Waals surface area contributed by atoms with E-state index in [1.807, 2.05) is 0 Å². The van der Waals surface area contributed by atoms with Crippen LogP contribution >= 0.6 is 0 Å². The van der Waals surface area contributed by atoms with Gasteiger partial charge in [-0.2, -0.15) is 0 Å². The van der Waals surface area contributed by atoms with Crippen LogP contribution < -0.4 is 4.90 Å². The van der Waals surface area contributed by atoms with Crippen molar-refractivity contribution in [1.29, 1.82) is 0 Å². The van der Waals surface area contributed by atoms with Crippen LogP contribution in [0.5, 0.6) is 0 Å². The largest absolute Gasteiger partial charge is 0.356 e. The van der Waals surface area contributed by atoms with Crippen molar-refractivity contribution in [3.05, 3.63) is 42.7 Å². The lowest BCUT2D eigenvalue weighted by Gasteiger charge is -2.29. The Morgan fingerprint density at radius 1 is 1.13 bits per heavy atom. The van der Waals surface area contributed by atoms with Gasteiger partial charge in [-0.15, -0.1) is 0 Å². The topological polar surface area (TPSA) is 6.48 Å². The molecule has 0 N–H and O–H groups in total. The Kier molecular flexibility index (Phi) is 2.95. The first-order chi connectivity index (χ1) is 7.33. The Morgan fingerprint density at radius 3 is 2.53 bits per heavy atom. The van der Waals surface area contributed by atoms with Crippen LogP contribution in [-0.2, 0) is 0 Å². The number of hydrogen-bond acceptors (Lipinski definition) is 2. The van der Waals surface area contributed by atoms with Gasteiger partial charge in [-0.05, 0) is 25.5 Å². The van der Waals surface area contributed by atoms with Crippen molar-refractivity contribution in [2.75, 3.05) is 11.4 Å². The second kappa shape index (κ2) is 4.39. The monoisotopic (exact) mass is 202 g/mol. The van der Waals surface area contributed by atoms with Crippen LogP contribution in [0, 0.1) is 0 Å². The Hall–Kier alpha value is -1.44. The highest BCUT2D eigenvalue weighted by Crippen LogP contribution is 2.23. The van der Waals surface area contributed by atoms with E-state index in [4.69, 9.17) is 0 Å². The summed E-state index contributed by atoms with van der Waals surface area (Å²) in [6.45, 7) is 5.58. The molecule has 0 saturated carbocycles. The molecule has 1 aliphatic heterocycles. The molecule has 0 aromatic heterocycles. The van der Waals surface area contributed by atoms with Gasteiger partial charge in [-0.25, -0.2) is 0 Å². The summed E-state index contributed by atoms with van der Waals surface area (Å²) >= 11 is 0. The van der Waals surface area contributed by atoms with E-state index in [1.54, 1.807) is 0 Å². The first-order valence-corrected chi connectivity index (χ1v) is 5.60. The molecule has 0 saturated heterocycles. The first-order valence-electron chi connectivity index (χ1n) is 5.60. The van der Waals surface area contributed by atoms with Gasteiger partial charge >= 0.3 is 0 Å². The van der Waals surface area contributed by atoms with Crippen LogP contribution in [0.3, 0.4) is 0 Å². The molecule has 1 heterocycles. The average Bonchev–Trinajstić information content (AvgIpc) is 2.63. The van der Waals surface area contributed by atoms with Gasteiger partial charge in [0.15, 0.2) is 0 Å². The molecule has 0 amide bonds. The van der Waals surface area contributed by atoms with Gasteiger partial charge in [0.1, 0.15) is 6.17 Å².